The highest BCUT2D eigenvalue weighted by molar-refractivity contribution is 5.89. The molecule has 1 aromatic rings. The number of aromatic nitrogens is 1. The lowest BCUT2D eigenvalue weighted by Crippen LogP contribution is -2.40. The van der Waals surface area contributed by atoms with Crippen molar-refractivity contribution in [3.05, 3.63) is 24.1 Å². The first-order chi connectivity index (χ1) is 11.0. The summed E-state index contributed by atoms with van der Waals surface area (Å²) < 4.78 is 23.9. The van der Waals surface area contributed by atoms with Gasteiger partial charge in [0.1, 0.15) is 11.4 Å². The van der Waals surface area contributed by atoms with Gasteiger partial charge in [-0.05, 0) is 44.7 Å². The lowest BCUT2D eigenvalue weighted by molar-refractivity contribution is -0.150. The molecule has 2 aliphatic rings. The molecular weight excluding hydrogens is 303 g/mol. The topological polar surface area (TPSA) is 68.7 Å². The van der Waals surface area contributed by atoms with E-state index in [2.05, 4.69) is 4.98 Å². The predicted octanol–water partition coefficient (Wildman–Crippen LogP) is 2.67. The Morgan fingerprint density at radius 3 is 2.87 bits per heavy atom. The Labute approximate surface area is 133 Å². The van der Waals surface area contributed by atoms with Crippen molar-refractivity contribution in [3.63, 3.8) is 0 Å². The Balaban J connectivity index is 1.67. The maximum atomic E-state index is 13.3. The average Bonchev–Trinajstić information content (AvgIpc) is 2.84. The molecule has 0 atom stereocenters. The number of rotatable bonds is 3. The molecule has 1 spiro atoms. The van der Waals surface area contributed by atoms with E-state index in [-0.39, 0.29) is 17.7 Å². The average molecular weight is 322 g/mol. The maximum absolute atomic E-state index is 13.3. The van der Waals surface area contributed by atoms with Crippen LogP contribution in [0.4, 0.5) is 15.0 Å². The second-order valence-corrected chi connectivity index (χ2v) is 5.98. The molecule has 0 radical (unpaired) electrons. The van der Waals surface area contributed by atoms with Gasteiger partial charge >= 0.3 is 12.1 Å². The Kier molecular flexibility index (Phi) is 4.19. The second-order valence-electron chi connectivity index (χ2n) is 5.98. The van der Waals surface area contributed by atoms with Crippen molar-refractivity contribution in [1.29, 1.82) is 0 Å². The van der Waals surface area contributed by atoms with Crippen molar-refractivity contribution >= 4 is 17.9 Å². The number of esters is 1. The molecule has 23 heavy (non-hydrogen) atoms. The minimum absolute atomic E-state index is 0.138. The quantitative estimate of drug-likeness (QED) is 0.632. The van der Waals surface area contributed by atoms with Crippen LogP contribution in [0.1, 0.15) is 32.6 Å². The van der Waals surface area contributed by atoms with Gasteiger partial charge in [-0.2, -0.15) is 4.39 Å². The van der Waals surface area contributed by atoms with E-state index in [4.69, 9.17) is 9.47 Å². The van der Waals surface area contributed by atoms with Gasteiger partial charge in [-0.15, -0.1) is 0 Å². The van der Waals surface area contributed by atoms with E-state index in [1.165, 1.54) is 17.0 Å². The van der Waals surface area contributed by atoms with E-state index in [0.29, 0.717) is 38.8 Å². The number of hydrogen-bond acceptors (Lipinski definition) is 5. The third-order valence-corrected chi connectivity index (χ3v) is 4.46. The van der Waals surface area contributed by atoms with Gasteiger partial charge in [0.05, 0.1) is 19.1 Å². The van der Waals surface area contributed by atoms with Crippen LogP contribution in [0, 0.1) is 11.9 Å². The summed E-state index contributed by atoms with van der Waals surface area (Å²) >= 11 is 0. The molecule has 1 aliphatic heterocycles. The van der Waals surface area contributed by atoms with Crippen LogP contribution >= 0.6 is 0 Å². The van der Waals surface area contributed by atoms with E-state index in [9.17, 15) is 14.0 Å². The number of anilines is 1. The van der Waals surface area contributed by atoms with Crippen molar-refractivity contribution in [2.75, 3.05) is 18.1 Å². The number of carbonyl (C=O) groups excluding carboxylic acids is 2. The van der Waals surface area contributed by atoms with Crippen molar-refractivity contribution in [2.45, 2.75) is 38.2 Å². The van der Waals surface area contributed by atoms with E-state index < -0.39 is 17.6 Å². The fourth-order valence-corrected chi connectivity index (χ4v) is 3.25. The highest BCUT2D eigenvalue weighted by atomic mass is 19.1. The van der Waals surface area contributed by atoms with Crippen LogP contribution in [0.2, 0.25) is 0 Å². The molecule has 3 rings (SSSR count). The van der Waals surface area contributed by atoms with Crippen molar-refractivity contribution in [3.8, 4) is 0 Å². The Morgan fingerprint density at radius 1 is 1.48 bits per heavy atom. The minimum Gasteiger partial charge on any atom is -0.466 e. The highest BCUT2D eigenvalue weighted by Crippen LogP contribution is 2.40. The van der Waals surface area contributed by atoms with Crippen LogP contribution < -0.4 is 4.90 Å². The zero-order valence-corrected chi connectivity index (χ0v) is 13.0. The molecule has 0 bridgehead atoms. The summed E-state index contributed by atoms with van der Waals surface area (Å²) in [5, 5.41) is 0. The molecule has 1 saturated carbocycles. The van der Waals surface area contributed by atoms with Gasteiger partial charge in [0.25, 0.3) is 0 Å². The van der Waals surface area contributed by atoms with Crippen LogP contribution in [0.15, 0.2) is 18.2 Å². The third-order valence-electron chi connectivity index (χ3n) is 4.46. The molecule has 1 amide bonds. The molecule has 6 nitrogen and oxygen atoms in total. The number of carbonyl (C=O) groups is 2. The molecule has 0 unspecified atom stereocenters. The first-order valence-corrected chi connectivity index (χ1v) is 7.83. The number of pyridine rings is 1. The molecule has 2 fully saturated rings. The van der Waals surface area contributed by atoms with Crippen LogP contribution in [-0.2, 0) is 14.3 Å². The Bertz CT molecular complexity index is 614. The second kappa shape index (κ2) is 6.14. The highest BCUT2D eigenvalue weighted by Gasteiger charge is 2.49. The standard InChI is InChI=1S/C16H19FN2O4/c1-2-22-14(20)11-6-8-16(9-7-11)10-19(15(21)23-16)13-5-3-4-12(17)18-13/h3-5,11H,2,6-10H2,1H3. The zero-order chi connectivity index (χ0) is 16.4. The van der Waals surface area contributed by atoms with Crippen molar-refractivity contribution < 1.29 is 23.5 Å². The molecule has 7 heteroatoms. The van der Waals surface area contributed by atoms with Gasteiger partial charge in [0, 0.05) is 0 Å². The Morgan fingerprint density at radius 2 is 2.22 bits per heavy atom. The summed E-state index contributed by atoms with van der Waals surface area (Å²) in [6.07, 6.45) is 1.91. The summed E-state index contributed by atoms with van der Waals surface area (Å²) in [6, 6.07) is 4.31. The predicted molar refractivity (Wildman–Crippen MR) is 79.3 cm³/mol. The number of amides is 1. The summed E-state index contributed by atoms with van der Waals surface area (Å²) in [5.74, 6) is -0.711. The van der Waals surface area contributed by atoms with Gasteiger partial charge < -0.3 is 9.47 Å². The Hall–Kier alpha value is -2.18. The smallest absolute Gasteiger partial charge is 0.416 e. The fraction of sp³-hybridized carbons (Fsp3) is 0.562. The number of nitrogens with zero attached hydrogens (tertiary/aromatic N) is 2. The number of hydrogen-bond donors (Lipinski definition) is 0. The molecular formula is C16H19FN2O4. The molecule has 0 N–H and O–H groups in total. The van der Waals surface area contributed by atoms with Crippen LogP contribution in [0.25, 0.3) is 0 Å². The number of halogens is 1. The van der Waals surface area contributed by atoms with E-state index in [1.807, 2.05) is 0 Å². The first kappa shape index (κ1) is 15.7. The lowest BCUT2D eigenvalue weighted by Gasteiger charge is -2.34. The first-order valence-electron chi connectivity index (χ1n) is 7.83. The fourth-order valence-electron chi connectivity index (χ4n) is 3.25. The van der Waals surface area contributed by atoms with Gasteiger partial charge in [0.2, 0.25) is 5.95 Å². The molecule has 1 aromatic heterocycles. The third kappa shape index (κ3) is 3.13. The van der Waals surface area contributed by atoms with Crippen LogP contribution in [0.3, 0.4) is 0 Å². The van der Waals surface area contributed by atoms with Crippen LogP contribution in [-0.4, -0.2) is 35.8 Å². The van der Waals surface area contributed by atoms with Crippen molar-refractivity contribution in [1.82, 2.24) is 4.98 Å². The van der Waals surface area contributed by atoms with Gasteiger partial charge in [-0.1, -0.05) is 6.07 Å². The summed E-state index contributed by atoms with van der Waals surface area (Å²) in [4.78, 5) is 29.0. The molecule has 0 aromatic carbocycles. The zero-order valence-electron chi connectivity index (χ0n) is 13.0. The van der Waals surface area contributed by atoms with E-state index in [1.54, 1.807) is 13.0 Å². The summed E-state index contributed by atoms with van der Waals surface area (Å²) in [6.45, 7) is 2.48. The minimum atomic E-state index is -0.637. The van der Waals surface area contributed by atoms with Crippen molar-refractivity contribution in [2.24, 2.45) is 5.92 Å². The van der Waals surface area contributed by atoms with E-state index in [0.717, 1.165) is 0 Å². The van der Waals surface area contributed by atoms with Gasteiger partial charge in [0.15, 0.2) is 0 Å². The number of ether oxygens (including phenoxy) is 2. The summed E-state index contributed by atoms with van der Waals surface area (Å²) in [7, 11) is 0. The summed E-state index contributed by atoms with van der Waals surface area (Å²) in [5.41, 5.74) is -0.617. The van der Waals surface area contributed by atoms with Gasteiger partial charge in [-0.25, -0.2) is 9.78 Å². The SMILES string of the molecule is CCOC(=O)C1CCC2(CC1)CN(c1cccc(F)n1)C(=O)O2. The lowest BCUT2D eigenvalue weighted by atomic mass is 9.79. The molecule has 124 valence electrons. The maximum Gasteiger partial charge on any atom is 0.416 e. The normalized spacial score (nSPS) is 27.1. The van der Waals surface area contributed by atoms with Gasteiger partial charge in [-0.3, -0.25) is 9.69 Å². The largest absolute Gasteiger partial charge is 0.466 e. The molecule has 2 heterocycles. The monoisotopic (exact) mass is 322 g/mol. The molecule has 1 saturated heterocycles. The molecule has 1 aliphatic carbocycles. The van der Waals surface area contributed by atoms with E-state index >= 15 is 0 Å². The van der Waals surface area contributed by atoms with Crippen LogP contribution in [0.5, 0.6) is 0 Å².